The molecule has 1 aromatic carbocycles. The van der Waals surface area contributed by atoms with Gasteiger partial charge in [-0.05, 0) is 30.7 Å². The van der Waals surface area contributed by atoms with Crippen molar-refractivity contribution in [2.45, 2.75) is 12.6 Å². The van der Waals surface area contributed by atoms with Crippen LogP contribution in [0.4, 0.5) is 13.2 Å². The molecule has 2 aliphatic rings. The molecule has 0 radical (unpaired) electrons. The number of aliphatic carboxylic acids is 1. The Morgan fingerprint density at radius 1 is 1.08 bits per heavy atom. The zero-order valence-electron chi connectivity index (χ0n) is 21.3. The molecule has 0 saturated carbocycles. The first kappa shape index (κ1) is 31.8. The highest BCUT2D eigenvalue weighted by Crippen LogP contribution is 2.15. The van der Waals surface area contributed by atoms with E-state index in [9.17, 15) is 26.4 Å². The lowest BCUT2D eigenvalue weighted by molar-refractivity contribution is -0.192. The molecule has 0 unspecified atom stereocenters. The number of piperazine rings is 1. The molecule has 15 heteroatoms. The van der Waals surface area contributed by atoms with Crippen LogP contribution in [0.5, 0.6) is 5.75 Å². The van der Waals surface area contributed by atoms with Gasteiger partial charge in [-0.15, -0.1) is 0 Å². The summed E-state index contributed by atoms with van der Waals surface area (Å²) >= 11 is 0. The van der Waals surface area contributed by atoms with Gasteiger partial charge < -0.3 is 24.8 Å². The Kier molecular flexibility index (Phi) is 12.7. The summed E-state index contributed by atoms with van der Waals surface area (Å²) < 4.78 is 69.4. The number of ether oxygens (including phenoxy) is 2. The predicted molar refractivity (Wildman–Crippen MR) is 133 cm³/mol. The Hall–Kier alpha value is -2.46. The maximum atomic E-state index is 13.2. The van der Waals surface area contributed by atoms with Crippen molar-refractivity contribution < 1.29 is 45.8 Å². The Bertz CT molecular complexity index is 982. The van der Waals surface area contributed by atoms with Crippen LogP contribution in [-0.4, -0.2) is 131 Å². The van der Waals surface area contributed by atoms with E-state index >= 15 is 0 Å². The smallest absolute Gasteiger partial charge is 0.490 e. The summed E-state index contributed by atoms with van der Waals surface area (Å²) in [5.41, 5.74) is 0.534. The van der Waals surface area contributed by atoms with E-state index in [-0.39, 0.29) is 18.2 Å². The number of carboxylic acids is 1. The molecule has 1 aromatic rings. The van der Waals surface area contributed by atoms with Gasteiger partial charge in [-0.1, -0.05) is 0 Å². The summed E-state index contributed by atoms with van der Waals surface area (Å²) in [6.07, 6.45) is -4.30. The van der Waals surface area contributed by atoms with E-state index in [4.69, 9.17) is 19.4 Å². The zero-order chi connectivity index (χ0) is 28.2. The van der Waals surface area contributed by atoms with Crippen LogP contribution in [0.2, 0.25) is 0 Å². The van der Waals surface area contributed by atoms with Crippen LogP contribution in [0.3, 0.4) is 0 Å². The van der Waals surface area contributed by atoms with E-state index in [1.54, 1.807) is 36.3 Å². The highest BCUT2D eigenvalue weighted by atomic mass is 32.2. The first-order valence-electron chi connectivity index (χ1n) is 12.2. The van der Waals surface area contributed by atoms with Crippen LogP contribution in [0, 0.1) is 0 Å². The second kappa shape index (κ2) is 15.2. The number of amides is 1. The molecular weight excluding hydrogens is 533 g/mol. The van der Waals surface area contributed by atoms with Gasteiger partial charge in [-0.3, -0.25) is 9.69 Å². The van der Waals surface area contributed by atoms with Crippen LogP contribution in [0.1, 0.15) is 16.8 Å². The maximum absolute atomic E-state index is 13.2. The molecule has 2 N–H and O–H groups in total. The summed E-state index contributed by atoms with van der Waals surface area (Å²) in [4.78, 5) is 26.0. The van der Waals surface area contributed by atoms with Crippen molar-refractivity contribution in [1.29, 1.82) is 0 Å². The van der Waals surface area contributed by atoms with Crippen molar-refractivity contribution in [1.82, 2.24) is 19.4 Å². The van der Waals surface area contributed by atoms with Gasteiger partial charge in [0.05, 0.1) is 26.1 Å². The number of sulfonamides is 1. The van der Waals surface area contributed by atoms with Crippen LogP contribution in [0.25, 0.3) is 0 Å². The summed E-state index contributed by atoms with van der Waals surface area (Å²) in [6, 6.07) is 6.94. The number of alkyl halides is 3. The zero-order valence-corrected chi connectivity index (χ0v) is 22.1. The minimum Gasteiger partial charge on any atom is -0.497 e. The van der Waals surface area contributed by atoms with Gasteiger partial charge in [0.15, 0.2) is 0 Å². The summed E-state index contributed by atoms with van der Waals surface area (Å²) in [5, 5.41) is 10.3. The lowest BCUT2D eigenvalue weighted by atomic mass is 10.2. The first-order chi connectivity index (χ1) is 17.9. The molecule has 0 bridgehead atoms. The number of morpholine rings is 1. The van der Waals surface area contributed by atoms with Crippen LogP contribution >= 0.6 is 0 Å². The fraction of sp³-hybridized carbons (Fsp3) is 0.652. The van der Waals surface area contributed by atoms with Crippen molar-refractivity contribution >= 4 is 21.9 Å². The first-order valence-corrected chi connectivity index (χ1v) is 13.8. The van der Waals surface area contributed by atoms with Gasteiger partial charge in [0.25, 0.3) is 5.91 Å². The Morgan fingerprint density at radius 3 is 2.18 bits per heavy atom. The van der Waals surface area contributed by atoms with E-state index in [0.29, 0.717) is 44.0 Å². The topological polar surface area (TPSA) is 129 Å². The minimum atomic E-state index is -5.08. The average molecular weight is 569 g/mol. The Labute approximate surface area is 220 Å². The molecular formula is C23H35F3N4O7S. The van der Waals surface area contributed by atoms with E-state index in [2.05, 4.69) is 10.2 Å². The van der Waals surface area contributed by atoms with E-state index < -0.39 is 22.2 Å². The average Bonchev–Trinajstić information content (AvgIpc) is 2.91. The number of carbonyl (C=O) groups is 2. The molecule has 2 aliphatic heterocycles. The van der Waals surface area contributed by atoms with Crippen LogP contribution < -0.4 is 10.1 Å². The largest absolute Gasteiger partial charge is 0.497 e. The van der Waals surface area contributed by atoms with Crippen LogP contribution in [-0.2, 0) is 19.6 Å². The monoisotopic (exact) mass is 568 g/mol. The third kappa shape index (κ3) is 10.7. The van der Waals surface area contributed by atoms with Gasteiger partial charge in [0.2, 0.25) is 10.0 Å². The standard InChI is InChI=1S/C21H34N4O5S.C2HF3O2/c1-29-20-5-3-19(4-6-20)21(26)24(10-2-9-23-13-16-30-17-14-23)15-18-31(27,28)25-11-7-22-8-12-25;3-2(4,5)1(6)7/h3-6,22H,2,7-18H2,1H3;(H,6,7). The maximum Gasteiger partial charge on any atom is 0.490 e. The third-order valence-corrected chi connectivity index (χ3v) is 7.81. The van der Waals surface area contributed by atoms with Crippen molar-refractivity contribution in [3.8, 4) is 5.75 Å². The van der Waals surface area contributed by atoms with Crippen molar-refractivity contribution in [2.24, 2.45) is 0 Å². The van der Waals surface area contributed by atoms with E-state index in [1.807, 2.05) is 0 Å². The molecule has 11 nitrogen and oxygen atoms in total. The van der Waals surface area contributed by atoms with Gasteiger partial charge >= 0.3 is 12.1 Å². The molecule has 0 atom stereocenters. The number of nitrogens with zero attached hydrogens (tertiary/aromatic N) is 3. The predicted octanol–water partition coefficient (Wildman–Crippen LogP) is 0.728. The Balaban J connectivity index is 0.000000638. The summed E-state index contributed by atoms with van der Waals surface area (Å²) in [7, 11) is -1.82. The molecule has 0 spiro atoms. The molecule has 0 aliphatic carbocycles. The molecule has 0 aromatic heterocycles. The number of nitrogens with one attached hydrogen (secondary N) is 1. The van der Waals surface area contributed by atoms with Gasteiger partial charge in [-0.2, -0.15) is 17.5 Å². The lowest BCUT2D eigenvalue weighted by Crippen LogP contribution is -2.48. The molecule has 2 heterocycles. The number of carbonyl (C=O) groups excluding carboxylic acids is 1. The highest BCUT2D eigenvalue weighted by molar-refractivity contribution is 7.89. The number of hydrogen-bond acceptors (Lipinski definition) is 8. The van der Waals surface area contributed by atoms with E-state index in [0.717, 1.165) is 39.3 Å². The Morgan fingerprint density at radius 2 is 1.66 bits per heavy atom. The SMILES string of the molecule is COc1ccc(C(=O)N(CCCN2CCOCC2)CCS(=O)(=O)N2CCNCC2)cc1.O=C(O)C(F)(F)F. The lowest BCUT2D eigenvalue weighted by Gasteiger charge is -2.30. The third-order valence-electron chi connectivity index (χ3n) is 5.96. The van der Waals surface area contributed by atoms with Crippen LogP contribution in [0.15, 0.2) is 24.3 Å². The number of hydrogen-bond donors (Lipinski definition) is 2. The summed E-state index contributed by atoms with van der Waals surface area (Å²) in [5.74, 6) is -2.30. The number of benzene rings is 1. The molecule has 1 amide bonds. The second-order valence-electron chi connectivity index (χ2n) is 8.60. The summed E-state index contributed by atoms with van der Waals surface area (Å²) in [6.45, 7) is 7.08. The normalized spacial score (nSPS) is 17.3. The number of methoxy groups -OCH3 is 1. The second-order valence-corrected chi connectivity index (χ2v) is 10.7. The highest BCUT2D eigenvalue weighted by Gasteiger charge is 2.38. The fourth-order valence-corrected chi connectivity index (χ4v) is 5.27. The molecule has 2 fully saturated rings. The molecule has 3 rings (SSSR count). The number of rotatable bonds is 10. The molecule has 216 valence electrons. The van der Waals surface area contributed by atoms with Gasteiger partial charge in [0, 0.05) is 64.5 Å². The van der Waals surface area contributed by atoms with Crippen molar-refractivity contribution in [3.05, 3.63) is 29.8 Å². The minimum absolute atomic E-state index is 0.0630. The van der Waals surface area contributed by atoms with Crippen molar-refractivity contribution in [2.75, 3.05) is 85.0 Å². The fourth-order valence-electron chi connectivity index (χ4n) is 3.82. The quantitative estimate of drug-likeness (QED) is 0.420. The van der Waals surface area contributed by atoms with Gasteiger partial charge in [0.1, 0.15) is 5.75 Å². The molecule has 2 saturated heterocycles. The van der Waals surface area contributed by atoms with Crippen molar-refractivity contribution in [3.63, 3.8) is 0 Å². The van der Waals surface area contributed by atoms with E-state index in [1.165, 1.54) is 4.31 Å². The number of halogens is 3. The number of carboxylic acid groups (broad SMARTS) is 1. The van der Waals surface area contributed by atoms with Gasteiger partial charge in [-0.25, -0.2) is 13.2 Å². The molecule has 38 heavy (non-hydrogen) atoms.